The van der Waals surface area contributed by atoms with Crippen LogP contribution in [0.15, 0.2) is 30.3 Å². The van der Waals surface area contributed by atoms with Gasteiger partial charge in [0, 0.05) is 12.1 Å². The number of carbonyl (C=O) groups is 1. The topological polar surface area (TPSA) is 66.0 Å². The highest BCUT2D eigenvalue weighted by atomic mass is 16.5. The summed E-state index contributed by atoms with van der Waals surface area (Å²) in [6.07, 6.45) is 0. The lowest BCUT2D eigenvalue weighted by atomic mass is 10.1. The zero-order valence-corrected chi connectivity index (χ0v) is 14.4. The number of anilines is 1. The van der Waals surface area contributed by atoms with Crippen LogP contribution < -0.4 is 24.3 Å². The number of carbonyl (C=O) groups excluding carboxylic acids is 1. The van der Waals surface area contributed by atoms with Gasteiger partial charge in [0.05, 0.1) is 34.1 Å². The number of nitrogens with one attached hydrogen (secondary N) is 1. The van der Waals surface area contributed by atoms with Crippen LogP contribution in [0.4, 0.5) is 5.69 Å². The lowest BCUT2D eigenvalue weighted by Crippen LogP contribution is -2.15. The molecule has 2 aromatic rings. The van der Waals surface area contributed by atoms with Crippen LogP contribution in [0.1, 0.15) is 15.9 Å². The van der Waals surface area contributed by atoms with Gasteiger partial charge < -0.3 is 24.3 Å². The first-order valence-electron chi connectivity index (χ1n) is 7.30. The Bertz CT molecular complexity index is 717. The molecule has 2 rings (SSSR count). The zero-order valence-electron chi connectivity index (χ0n) is 14.4. The number of ether oxygens (including phenoxy) is 4. The minimum Gasteiger partial charge on any atom is -0.496 e. The van der Waals surface area contributed by atoms with Gasteiger partial charge in [0.15, 0.2) is 0 Å². The number of amides is 1. The molecule has 0 aliphatic carbocycles. The van der Waals surface area contributed by atoms with Crippen molar-refractivity contribution in [3.63, 3.8) is 0 Å². The Hall–Kier alpha value is -2.89. The van der Waals surface area contributed by atoms with Gasteiger partial charge in [-0.15, -0.1) is 0 Å². The van der Waals surface area contributed by atoms with E-state index in [1.165, 1.54) is 21.3 Å². The van der Waals surface area contributed by atoms with Crippen molar-refractivity contribution in [3.05, 3.63) is 41.5 Å². The van der Waals surface area contributed by atoms with Crippen molar-refractivity contribution in [2.24, 2.45) is 0 Å². The molecule has 0 saturated heterocycles. The second-order valence-corrected chi connectivity index (χ2v) is 5.06. The molecule has 2 aromatic carbocycles. The SMILES string of the molecule is COc1cc(OC)c(C(=O)Nc2cc(C)ccc2OC)c(OC)c1. The van der Waals surface area contributed by atoms with E-state index in [9.17, 15) is 4.79 Å². The maximum absolute atomic E-state index is 12.8. The summed E-state index contributed by atoms with van der Waals surface area (Å²) >= 11 is 0. The quantitative estimate of drug-likeness (QED) is 0.880. The molecule has 6 nitrogen and oxygen atoms in total. The number of rotatable bonds is 6. The normalized spacial score (nSPS) is 10.0. The summed E-state index contributed by atoms with van der Waals surface area (Å²) in [5.74, 6) is 1.45. The molecule has 0 aromatic heterocycles. The van der Waals surface area contributed by atoms with Crippen LogP contribution in [0.2, 0.25) is 0 Å². The fourth-order valence-corrected chi connectivity index (χ4v) is 2.33. The smallest absolute Gasteiger partial charge is 0.263 e. The average molecular weight is 331 g/mol. The standard InChI is InChI=1S/C18H21NO5/c1-11-6-7-14(22-3)13(8-11)19-18(20)17-15(23-4)9-12(21-2)10-16(17)24-5/h6-10H,1-5H3,(H,19,20). The van der Waals surface area contributed by atoms with Crippen LogP contribution in [-0.4, -0.2) is 34.3 Å². The molecule has 0 heterocycles. The van der Waals surface area contributed by atoms with Crippen molar-refractivity contribution >= 4 is 11.6 Å². The maximum Gasteiger partial charge on any atom is 0.263 e. The molecule has 24 heavy (non-hydrogen) atoms. The monoisotopic (exact) mass is 331 g/mol. The first kappa shape index (κ1) is 17.5. The Morgan fingerprint density at radius 3 is 1.92 bits per heavy atom. The van der Waals surface area contributed by atoms with Crippen molar-refractivity contribution in [2.45, 2.75) is 6.92 Å². The van der Waals surface area contributed by atoms with Crippen LogP contribution in [0.25, 0.3) is 0 Å². The van der Waals surface area contributed by atoms with Crippen LogP contribution in [0.3, 0.4) is 0 Å². The molecule has 6 heteroatoms. The van der Waals surface area contributed by atoms with Gasteiger partial charge in [-0.1, -0.05) is 6.07 Å². The zero-order chi connectivity index (χ0) is 17.7. The minimum absolute atomic E-state index is 0.282. The van der Waals surface area contributed by atoms with E-state index in [2.05, 4.69) is 5.32 Å². The van der Waals surface area contributed by atoms with Gasteiger partial charge in [-0.25, -0.2) is 0 Å². The Morgan fingerprint density at radius 2 is 1.42 bits per heavy atom. The second kappa shape index (κ2) is 7.59. The van der Waals surface area contributed by atoms with E-state index in [4.69, 9.17) is 18.9 Å². The van der Waals surface area contributed by atoms with Gasteiger partial charge in [-0.2, -0.15) is 0 Å². The Balaban J connectivity index is 2.45. The van der Waals surface area contributed by atoms with Crippen molar-refractivity contribution in [3.8, 4) is 23.0 Å². The third kappa shape index (κ3) is 3.53. The van der Waals surface area contributed by atoms with E-state index in [-0.39, 0.29) is 11.5 Å². The largest absolute Gasteiger partial charge is 0.496 e. The van der Waals surface area contributed by atoms with Gasteiger partial charge >= 0.3 is 0 Å². The van der Waals surface area contributed by atoms with Gasteiger partial charge in [0.2, 0.25) is 0 Å². The third-order valence-electron chi connectivity index (χ3n) is 3.55. The molecular formula is C18H21NO5. The summed E-state index contributed by atoms with van der Waals surface area (Å²) in [5.41, 5.74) is 1.85. The lowest BCUT2D eigenvalue weighted by molar-refractivity contribution is 0.102. The van der Waals surface area contributed by atoms with Gasteiger partial charge in [0.1, 0.15) is 28.6 Å². The predicted octanol–water partition coefficient (Wildman–Crippen LogP) is 3.28. The fraction of sp³-hybridized carbons (Fsp3) is 0.278. The highest BCUT2D eigenvalue weighted by Crippen LogP contribution is 2.35. The van der Waals surface area contributed by atoms with E-state index in [1.807, 2.05) is 19.1 Å². The molecular weight excluding hydrogens is 310 g/mol. The van der Waals surface area contributed by atoms with Crippen molar-refractivity contribution in [2.75, 3.05) is 33.8 Å². The molecule has 0 atom stereocenters. The highest BCUT2D eigenvalue weighted by Gasteiger charge is 2.21. The van der Waals surface area contributed by atoms with Crippen LogP contribution >= 0.6 is 0 Å². The molecule has 0 spiro atoms. The van der Waals surface area contributed by atoms with E-state index >= 15 is 0 Å². The number of benzene rings is 2. The summed E-state index contributed by atoms with van der Waals surface area (Å²) in [7, 11) is 6.05. The summed E-state index contributed by atoms with van der Waals surface area (Å²) in [6, 6.07) is 8.80. The third-order valence-corrected chi connectivity index (χ3v) is 3.55. The average Bonchev–Trinajstić information content (AvgIpc) is 2.60. The second-order valence-electron chi connectivity index (χ2n) is 5.06. The Labute approximate surface area is 141 Å². The Morgan fingerprint density at radius 1 is 0.833 bits per heavy atom. The van der Waals surface area contributed by atoms with Crippen molar-refractivity contribution < 1.29 is 23.7 Å². The van der Waals surface area contributed by atoms with Gasteiger partial charge in [0.25, 0.3) is 5.91 Å². The molecule has 1 N–H and O–H groups in total. The van der Waals surface area contributed by atoms with Gasteiger partial charge in [-0.3, -0.25) is 4.79 Å². The molecule has 1 amide bonds. The highest BCUT2D eigenvalue weighted by molar-refractivity contribution is 6.09. The van der Waals surface area contributed by atoms with Crippen LogP contribution in [-0.2, 0) is 0 Å². The van der Waals surface area contributed by atoms with E-state index < -0.39 is 0 Å². The molecule has 0 bridgehead atoms. The lowest BCUT2D eigenvalue weighted by Gasteiger charge is -2.16. The maximum atomic E-state index is 12.8. The molecule has 0 aliphatic rings. The predicted molar refractivity (Wildman–Crippen MR) is 91.8 cm³/mol. The first-order chi connectivity index (χ1) is 11.5. The number of aryl methyl sites for hydroxylation is 1. The molecule has 0 aliphatic heterocycles. The van der Waals surface area contributed by atoms with Crippen LogP contribution in [0, 0.1) is 6.92 Å². The molecule has 0 saturated carbocycles. The van der Waals surface area contributed by atoms with E-state index in [0.717, 1.165) is 5.56 Å². The number of hydrogen-bond acceptors (Lipinski definition) is 5. The molecule has 0 fully saturated rings. The minimum atomic E-state index is -0.366. The number of hydrogen-bond donors (Lipinski definition) is 1. The van der Waals surface area contributed by atoms with E-state index in [1.54, 1.807) is 25.3 Å². The van der Waals surface area contributed by atoms with E-state index in [0.29, 0.717) is 28.7 Å². The molecule has 0 radical (unpaired) electrons. The van der Waals surface area contributed by atoms with Crippen molar-refractivity contribution in [1.82, 2.24) is 0 Å². The van der Waals surface area contributed by atoms with Crippen LogP contribution in [0.5, 0.6) is 23.0 Å². The van der Waals surface area contributed by atoms with Gasteiger partial charge in [-0.05, 0) is 24.6 Å². The Kier molecular flexibility index (Phi) is 5.52. The molecule has 0 unspecified atom stereocenters. The summed E-state index contributed by atoms with van der Waals surface area (Å²) in [4.78, 5) is 12.8. The fourth-order valence-electron chi connectivity index (χ4n) is 2.33. The summed E-state index contributed by atoms with van der Waals surface area (Å²) < 4.78 is 21.1. The summed E-state index contributed by atoms with van der Waals surface area (Å²) in [6.45, 7) is 1.93. The number of methoxy groups -OCH3 is 4. The van der Waals surface area contributed by atoms with Crippen molar-refractivity contribution in [1.29, 1.82) is 0 Å². The molecule has 128 valence electrons. The summed E-state index contributed by atoms with van der Waals surface area (Å²) in [5, 5.41) is 2.84. The first-order valence-corrected chi connectivity index (χ1v) is 7.30.